The van der Waals surface area contributed by atoms with Gasteiger partial charge >= 0.3 is 0 Å². The largest absolute Gasteiger partial charge is 0.300 e. The Labute approximate surface area is 155 Å². The molecule has 0 unspecified atom stereocenters. The van der Waals surface area contributed by atoms with Crippen LogP contribution in [0.4, 0.5) is 5.13 Å². The molecule has 0 spiro atoms. The number of nitrogens with zero attached hydrogens (tertiary/aromatic N) is 4. The molecule has 0 fully saturated rings. The molecule has 0 radical (unpaired) electrons. The first-order chi connectivity index (χ1) is 11.7. The van der Waals surface area contributed by atoms with Crippen LogP contribution in [0.25, 0.3) is 0 Å². The number of hydrogen-bond acceptors (Lipinski definition) is 9. The van der Waals surface area contributed by atoms with Gasteiger partial charge in [-0.05, 0) is 12.5 Å². The fraction of sp³-hybridized carbons (Fsp3) is 0.214. The Hall–Kier alpha value is -1.49. The number of amides is 1. The second kappa shape index (κ2) is 8.56. The van der Waals surface area contributed by atoms with Gasteiger partial charge in [-0.1, -0.05) is 76.5 Å². The summed E-state index contributed by atoms with van der Waals surface area (Å²) in [5.74, 6) is 0.986. The molecule has 1 N–H and O–H groups in total. The molecule has 0 aliphatic rings. The molecule has 1 amide bonds. The molecule has 0 bridgehead atoms. The van der Waals surface area contributed by atoms with Gasteiger partial charge < -0.3 is 0 Å². The number of thioether (sulfide) groups is 2. The van der Waals surface area contributed by atoms with E-state index in [1.807, 2.05) is 25.1 Å². The van der Waals surface area contributed by atoms with Crippen molar-refractivity contribution in [3.8, 4) is 0 Å². The summed E-state index contributed by atoms with van der Waals surface area (Å²) in [5, 5.41) is 20.2. The maximum Gasteiger partial charge on any atom is 0.236 e. The maximum absolute atomic E-state index is 11.9. The van der Waals surface area contributed by atoms with Crippen molar-refractivity contribution in [3.05, 3.63) is 40.9 Å². The Bertz CT molecular complexity index is 804. The third kappa shape index (κ3) is 5.26. The van der Waals surface area contributed by atoms with Crippen LogP contribution in [-0.2, 0) is 10.5 Å². The quantitative estimate of drug-likeness (QED) is 0.482. The number of rotatable bonds is 7. The molecule has 10 heteroatoms. The first kappa shape index (κ1) is 17.3. The molecular weight excluding hydrogens is 382 g/mol. The second-order valence-electron chi connectivity index (χ2n) is 4.57. The van der Waals surface area contributed by atoms with Crippen molar-refractivity contribution < 1.29 is 4.79 Å². The zero-order chi connectivity index (χ0) is 16.8. The lowest BCUT2D eigenvalue weighted by molar-refractivity contribution is -0.113. The zero-order valence-electron chi connectivity index (χ0n) is 12.6. The highest BCUT2D eigenvalue weighted by Gasteiger charge is 2.10. The topological polar surface area (TPSA) is 80.7 Å². The lowest BCUT2D eigenvalue weighted by Gasteiger charge is -1.98. The van der Waals surface area contributed by atoms with E-state index in [4.69, 9.17) is 0 Å². The van der Waals surface area contributed by atoms with E-state index in [1.54, 1.807) is 11.8 Å². The predicted octanol–water partition coefficient (Wildman–Crippen LogP) is 3.72. The number of carbonyl (C=O) groups excluding carboxylic acids is 1. The molecule has 3 aromatic rings. The number of aryl methyl sites for hydroxylation is 1. The van der Waals surface area contributed by atoms with Gasteiger partial charge in [-0.25, -0.2) is 0 Å². The Kier molecular flexibility index (Phi) is 6.18. The first-order valence-electron chi connectivity index (χ1n) is 6.92. The number of carbonyl (C=O) groups is 1. The highest BCUT2D eigenvalue weighted by molar-refractivity contribution is 8.01. The van der Waals surface area contributed by atoms with Crippen molar-refractivity contribution in [1.29, 1.82) is 0 Å². The lowest BCUT2D eigenvalue weighted by Crippen LogP contribution is -2.13. The molecule has 2 heterocycles. The summed E-state index contributed by atoms with van der Waals surface area (Å²) in [6.45, 7) is 1.89. The van der Waals surface area contributed by atoms with E-state index in [-0.39, 0.29) is 11.7 Å². The molecule has 0 aliphatic heterocycles. The van der Waals surface area contributed by atoms with Gasteiger partial charge in [0.05, 0.1) is 5.75 Å². The van der Waals surface area contributed by atoms with Gasteiger partial charge in [0.1, 0.15) is 5.01 Å². The molecule has 24 heavy (non-hydrogen) atoms. The van der Waals surface area contributed by atoms with Gasteiger partial charge in [-0.2, -0.15) is 0 Å². The summed E-state index contributed by atoms with van der Waals surface area (Å²) in [7, 11) is 0. The average Bonchev–Trinajstić information content (AvgIpc) is 3.21. The predicted molar refractivity (Wildman–Crippen MR) is 99.9 cm³/mol. The van der Waals surface area contributed by atoms with Crippen molar-refractivity contribution in [3.63, 3.8) is 0 Å². The minimum atomic E-state index is -0.122. The molecule has 0 saturated carbocycles. The zero-order valence-corrected chi connectivity index (χ0v) is 15.9. The molecule has 0 atom stereocenters. The van der Waals surface area contributed by atoms with E-state index >= 15 is 0 Å². The normalized spacial score (nSPS) is 10.7. The van der Waals surface area contributed by atoms with Crippen LogP contribution in [0.15, 0.2) is 39.0 Å². The summed E-state index contributed by atoms with van der Waals surface area (Å²) in [6.07, 6.45) is 0. The standard InChI is InChI=1S/C14H13N5OS4/c1-9-16-18-13(23-9)22-8-11(20)15-12-17-19-14(24-12)21-7-10-5-3-2-4-6-10/h2-6H,7-8H2,1H3,(H,15,17,20). The summed E-state index contributed by atoms with van der Waals surface area (Å²) < 4.78 is 1.63. The van der Waals surface area contributed by atoms with Crippen molar-refractivity contribution in [2.45, 2.75) is 21.4 Å². The maximum atomic E-state index is 11.9. The second-order valence-corrected chi connectivity index (χ2v) is 9.18. The highest BCUT2D eigenvalue weighted by atomic mass is 32.2. The monoisotopic (exact) mass is 395 g/mol. The third-order valence-electron chi connectivity index (χ3n) is 2.69. The third-order valence-corrected chi connectivity index (χ3v) is 6.71. The van der Waals surface area contributed by atoms with Crippen LogP contribution < -0.4 is 5.32 Å². The summed E-state index contributed by atoms with van der Waals surface area (Å²) in [4.78, 5) is 11.9. The Morgan fingerprint density at radius 2 is 1.79 bits per heavy atom. The first-order valence-corrected chi connectivity index (χ1v) is 10.5. The lowest BCUT2D eigenvalue weighted by atomic mass is 10.2. The van der Waals surface area contributed by atoms with E-state index < -0.39 is 0 Å². The van der Waals surface area contributed by atoms with Crippen LogP contribution in [0, 0.1) is 6.92 Å². The SMILES string of the molecule is Cc1nnc(SCC(=O)Nc2nnc(SCc3ccccc3)s2)s1. The van der Waals surface area contributed by atoms with Crippen LogP contribution in [-0.4, -0.2) is 32.1 Å². The molecular formula is C14H13N5OS4. The minimum absolute atomic E-state index is 0.122. The fourth-order valence-electron chi connectivity index (χ4n) is 1.66. The van der Waals surface area contributed by atoms with Crippen molar-refractivity contribution >= 4 is 57.2 Å². The van der Waals surface area contributed by atoms with Crippen LogP contribution >= 0.6 is 46.2 Å². The van der Waals surface area contributed by atoms with Gasteiger partial charge in [-0.3, -0.25) is 10.1 Å². The van der Waals surface area contributed by atoms with E-state index in [2.05, 4.69) is 37.8 Å². The smallest absolute Gasteiger partial charge is 0.236 e. The average molecular weight is 396 g/mol. The van der Waals surface area contributed by atoms with Gasteiger partial charge in [0.25, 0.3) is 0 Å². The van der Waals surface area contributed by atoms with Crippen molar-refractivity contribution in [2.24, 2.45) is 0 Å². The van der Waals surface area contributed by atoms with Gasteiger partial charge in [-0.15, -0.1) is 20.4 Å². The number of benzene rings is 1. The molecule has 3 rings (SSSR count). The number of aromatic nitrogens is 4. The number of anilines is 1. The fourth-order valence-corrected chi connectivity index (χ4v) is 5.00. The van der Waals surface area contributed by atoms with Crippen LogP contribution in [0.5, 0.6) is 0 Å². The van der Waals surface area contributed by atoms with Crippen LogP contribution in [0.2, 0.25) is 0 Å². The van der Waals surface area contributed by atoms with Crippen molar-refractivity contribution in [1.82, 2.24) is 20.4 Å². The Morgan fingerprint density at radius 3 is 2.54 bits per heavy atom. The molecule has 124 valence electrons. The van der Waals surface area contributed by atoms with E-state index in [0.29, 0.717) is 5.13 Å². The molecule has 0 aliphatic carbocycles. The summed E-state index contributed by atoms with van der Waals surface area (Å²) in [5.41, 5.74) is 1.23. The van der Waals surface area contributed by atoms with Gasteiger partial charge in [0.15, 0.2) is 8.68 Å². The van der Waals surface area contributed by atoms with Gasteiger partial charge in [0.2, 0.25) is 11.0 Å². The van der Waals surface area contributed by atoms with Crippen LogP contribution in [0.1, 0.15) is 10.6 Å². The molecule has 0 saturated heterocycles. The highest BCUT2D eigenvalue weighted by Crippen LogP contribution is 2.28. The van der Waals surface area contributed by atoms with E-state index in [1.165, 1.54) is 40.0 Å². The molecule has 2 aromatic heterocycles. The molecule has 1 aromatic carbocycles. The van der Waals surface area contributed by atoms with E-state index in [9.17, 15) is 4.79 Å². The minimum Gasteiger partial charge on any atom is -0.300 e. The van der Waals surface area contributed by atoms with E-state index in [0.717, 1.165) is 19.4 Å². The Balaban J connectivity index is 1.45. The Morgan fingerprint density at radius 1 is 1.04 bits per heavy atom. The van der Waals surface area contributed by atoms with Gasteiger partial charge in [0, 0.05) is 5.75 Å². The number of hydrogen-bond donors (Lipinski definition) is 1. The van der Waals surface area contributed by atoms with Crippen molar-refractivity contribution in [2.75, 3.05) is 11.1 Å². The summed E-state index contributed by atoms with van der Waals surface area (Å²) >= 11 is 5.83. The number of nitrogens with one attached hydrogen (secondary N) is 1. The summed E-state index contributed by atoms with van der Waals surface area (Å²) in [6, 6.07) is 10.2. The van der Waals surface area contributed by atoms with Crippen LogP contribution in [0.3, 0.4) is 0 Å². The molecule has 6 nitrogen and oxygen atoms in total.